The van der Waals surface area contributed by atoms with Gasteiger partial charge in [0.2, 0.25) is 0 Å². The number of para-hydroxylation sites is 1. The molecule has 1 amide bonds. The van der Waals surface area contributed by atoms with Gasteiger partial charge < -0.3 is 4.42 Å². The van der Waals surface area contributed by atoms with Gasteiger partial charge in [-0.2, -0.15) is 0 Å². The first kappa shape index (κ1) is 19.4. The van der Waals surface area contributed by atoms with Gasteiger partial charge in [0.05, 0.1) is 16.7 Å². The Morgan fingerprint density at radius 1 is 1.21 bits per heavy atom. The van der Waals surface area contributed by atoms with Crippen molar-refractivity contribution < 1.29 is 14.1 Å². The van der Waals surface area contributed by atoms with Crippen LogP contribution in [0.4, 0.5) is 11.6 Å². The molecule has 4 rings (SSSR count). The SMILES string of the molecule is C[C@@H]1CCCC[C@@H]1N1C(=O)/C(=C/c2ccc([N+](=O)[O-])o2)SC1=Nc1ccccc1. The first-order chi connectivity index (χ1) is 14.0. The third kappa shape index (κ3) is 4.12. The first-order valence-electron chi connectivity index (χ1n) is 9.64. The summed E-state index contributed by atoms with van der Waals surface area (Å²) < 4.78 is 5.21. The molecule has 0 spiro atoms. The van der Waals surface area contributed by atoms with Gasteiger partial charge in [0.1, 0.15) is 10.7 Å². The van der Waals surface area contributed by atoms with Gasteiger partial charge in [-0.3, -0.25) is 19.8 Å². The minimum absolute atomic E-state index is 0.100. The fourth-order valence-electron chi connectivity index (χ4n) is 3.80. The summed E-state index contributed by atoms with van der Waals surface area (Å²) in [5.74, 6) is 0.203. The zero-order chi connectivity index (χ0) is 20.4. The number of nitrogens with zero attached hydrogens (tertiary/aromatic N) is 3. The number of hydrogen-bond acceptors (Lipinski definition) is 6. The van der Waals surface area contributed by atoms with Crippen LogP contribution in [-0.4, -0.2) is 26.9 Å². The Hall–Kier alpha value is -2.87. The Morgan fingerprint density at radius 3 is 2.66 bits per heavy atom. The number of amides is 1. The molecule has 0 radical (unpaired) electrons. The van der Waals surface area contributed by atoms with Crippen LogP contribution >= 0.6 is 11.8 Å². The number of carbonyl (C=O) groups excluding carboxylic acids is 1. The van der Waals surface area contributed by atoms with Crippen molar-refractivity contribution in [2.24, 2.45) is 10.9 Å². The third-order valence-electron chi connectivity index (χ3n) is 5.28. The molecule has 2 aliphatic rings. The topological polar surface area (TPSA) is 89.0 Å². The monoisotopic (exact) mass is 411 g/mol. The van der Waals surface area contributed by atoms with E-state index in [0.717, 1.165) is 24.9 Å². The van der Waals surface area contributed by atoms with E-state index >= 15 is 0 Å². The summed E-state index contributed by atoms with van der Waals surface area (Å²) in [7, 11) is 0. The van der Waals surface area contributed by atoms with Crippen molar-refractivity contribution in [1.29, 1.82) is 0 Å². The van der Waals surface area contributed by atoms with Crippen LogP contribution in [-0.2, 0) is 4.79 Å². The molecule has 1 saturated heterocycles. The second kappa shape index (κ2) is 8.24. The van der Waals surface area contributed by atoms with Crippen LogP contribution in [0, 0.1) is 16.0 Å². The molecular formula is C21H21N3O4S. The van der Waals surface area contributed by atoms with Gasteiger partial charge >= 0.3 is 5.88 Å². The lowest BCUT2D eigenvalue weighted by Gasteiger charge is -2.35. The summed E-state index contributed by atoms with van der Waals surface area (Å²) in [4.78, 5) is 30.5. The summed E-state index contributed by atoms with van der Waals surface area (Å²) >= 11 is 1.29. The first-order valence-corrected chi connectivity index (χ1v) is 10.5. The van der Waals surface area contributed by atoms with Gasteiger partial charge in [-0.1, -0.05) is 38.0 Å². The van der Waals surface area contributed by atoms with Crippen LogP contribution in [0.5, 0.6) is 0 Å². The number of rotatable bonds is 4. The third-order valence-corrected chi connectivity index (χ3v) is 6.26. The standard InChI is InChI=1S/C21H21N3O4S/c1-14-7-5-6-10-17(14)23-20(25)18(13-16-11-12-19(28-16)24(26)27)29-21(23)22-15-8-3-2-4-9-15/h2-4,8-9,11-14,17H,5-7,10H2,1H3/b18-13-,22-21?/t14-,17+/m1/s1. The fraction of sp³-hybridized carbons (Fsp3) is 0.333. The van der Waals surface area contributed by atoms with Gasteiger partial charge in [-0.05, 0) is 48.7 Å². The smallest absolute Gasteiger partial charge is 0.401 e. The van der Waals surface area contributed by atoms with E-state index < -0.39 is 4.92 Å². The number of furan rings is 1. The molecule has 8 heteroatoms. The molecule has 0 unspecified atom stereocenters. The van der Waals surface area contributed by atoms with Crippen molar-refractivity contribution in [1.82, 2.24) is 4.90 Å². The molecular weight excluding hydrogens is 390 g/mol. The fourth-order valence-corrected chi connectivity index (χ4v) is 4.82. The van der Waals surface area contributed by atoms with Gasteiger partial charge in [0.15, 0.2) is 5.17 Å². The number of thioether (sulfide) groups is 1. The lowest BCUT2D eigenvalue weighted by atomic mass is 9.85. The van der Waals surface area contributed by atoms with Crippen LogP contribution < -0.4 is 0 Å². The van der Waals surface area contributed by atoms with Crippen LogP contribution in [0.15, 0.2) is 56.8 Å². The average Bonchev–Trinajstić information content (AvgIpc) is 3.29. The molecule has 2 fully saturated rings. The molecule has 29 heavy (non-hydrogen) atoms. The van der Waals surface area contributed by atoms with Crippen LogP contribution in [0.25, 0.3) is 6.08 Å². The highest BCUT2D eigenvalue weighted by atomic mass is 32.2. The quantitative estimate of drug-likeness (QED) is 0.383. The van der Waals surface area contributed by atoms with Crippen LogP contribution in [0.2, 0.25) is 0 Å². The van der Waals surface area contributed by atoms with Crippen LogP contribution in [0.3, 0.4) is 0 Å². The summed E-state index contributed by atoms with van der Waals surface area (Å²) in [6.45, 7) is 2.18. The molecule has 2 heterocycles. The van der Waals surface area contributed by atoms with E-state index in [0.29, 0.717) is 16.0 Å². The summed E-state index contributed by atoms with van der Waals surface area (Å²) in [6.07, 6.45) is 5.86. The molecule has 1 aliphatic heterocycles. The molecule has 1 aliphatic carbocycles. The number of amidine groups is 1. The van der Waals surface area contributed by atoms with E-state index in [1.807, 2.05) is 35.2 Å². The molecule has 1 saturated carbocycles. The molecule has 1 aromatic carbocycles. The number of aliphatic imine (C=N–C) groups is 1. The maximum absolute atomic E-state index is 13.3. The summed E-state index contributed by atoms with van der Waals surface area (Å²) in [6, 6.07) is 12.4. The van der Waals surface area contributed by atoms with Crippen molar-refractivity contribution in [2.45, 2.75) is 38.6 Å². The van der Waals surface area contributed by atoms with Crippen molar-refractivity contribution in [3.05, 3.63) is 63.2 Å². The lowest BCUT2D eigenvalue weighted by molar-refractivity contribution is -0.402. The number of carbonyl (C=O) groups is 1. The van der Waals surface area contributed by atoms with Crippen LogP contribution in [0.1, 0.15) is 38.4 Å². The molecule has 150 valence electrons. The van der Waals surface area contributed by atoms with Crippen molar-refractivity contribution in [3.8, 4) is 0 Å². The second-order valence-electron chi connectivity index (χ2n) is 7.28. The van der Waals surface area contributed by atoms with E-state index in [9.17, 15) is 14.9 Å². The van der Waals surface area contributed by atoms with Crippen molar-refractivity contribution >= 4 is 40.5 Å². The van der Waals surface area contributed by atoms with Gasteiger partial charge in [0, 0.05) is 12.1 Å². The van der Waals surface area contributed by atoms with E-state index in [-0.39, 0.29) is 23.6 Å². The molecule has 0 bridgehead atoms. The average molecular weight is 411 g/mol. The molecule has 7 nitrogen and oxygen atoms in total. The largest absolute Gasteiger partial charge is 0.433 e. The van der Waals surface area contributed by atoms with Gasteiger partial charge in [-0.25, -0.2) is 4.99 Å². The molecule has 2 atom stereocenters. The minimum Gasteiger partial charge on any atom is -0.401 e. The Labute approximate surface area is 172 Å². The highest BCUT2D eigenvalue weighted by Gasteiger charge is 2.41. The Balaban J connectivity index is 1.70. The maximum Gasteiger partial charge on any atom is 0.433 e. The summed E-state index contributed by atoms with van der Waals surface area (Å²) in [5, 5.41) is 11.5. The predicted octanol–water partition coefficient (Wildman–Crippen LogP) is 5.37. The predicted molar refractivity (Wildman–Crippen MR) is 113 cm³/mol. The van der Waals surface area contributed by atoms with E-state index in [1.54, 1.807) is 6.08 Å². The number of hydrogen-bond donors (Lipinski definition) is 0. The highest BCUT2D eigenvalue weighted by Crippen LogP contribution is 2.40. The Morgan fingerprint density at radius 2 is 1.97 bits per heavy atom. The molecule has 1 aromatic heterocycles. The zero-order valence-electron chi connectivity index (χ0n) is 16.0. The Kier molecular flexibility index (Phi) is 5.53. The van der Waals surface area contributed by atoms with E-state index in [4.69, 9.17) is 9.41 Å². The highest BCUT2D eigenvalue weighted by molar-refractivity contribution is 8.18. The summed E-state index contributed by atoms with van der Waals surface area (Å²) in [5.41, 5.74) is 0.783. The van der Waals surface area contributed by atoms with E-state index in [1.165, 1.54) is 30.3 Å². The van der Waals surface area contributed by atoms with Crippen molar-refractivity contribution in [2.75, 3.05) is 0 Å². The molecule has 0 N–H and O–H groups in total. The maximum atomic E-state index is 13.3. The normalized spacial score (nSPS) is 25.1. The second-order valence-corrected chi connectivity index (χ2v) is 8.29. The minimum atomic E-state index is -0.593. The number of nitro groups is 1. The van der Waals surface area contributed by atoms with E-state index in [2.05, 4.69) is 6.92 Å². The van der Waals surface area contributed by atoms with Gasteiger partial charge in [0.25, 0.3) is 5.91 Å². The van der Waals surface area contributed by atoms with Gasteiger partial charge in [-0.15, -0.1) is 0 Å². The lowest BCUT2D eigenvalue weighted by Crippen LogP contribution is -2.44. The Bertz CT molecular complexity index is 983. The zero-order valence-corrected chi connectivity index (χ0v) is 16.8. The number of benzene rings is 1. The van der Waals surface area contributed by atoms with Crippen molar-refractivity contribution in [3.63, 3.8) is 0 Å². The molecule has 2 aromatic rings.